The summed E-state index contributed by atoms with van der Waals surface area (Å²) in [5, 5.41) is 11.8. The highest BCUT2D eigenvalue weighted by molar-refractivity contribution is 5.24. The Hall–Kier alpha value is -0.640. The van der Waals surface area contributed by atoms with E-state index < -0.39 is 11.4 Å². The van der Waals surface area contributed by atoms with E-state index in [-0.39, 0.29) is 23.5 Å². The molecule has 0 aromatic heterocycles. The van der Waals surface area contributed by atoms with E-state index in [0.29, 0.717) is 12.3 Å². The number of hydrogen-bond donors (Lipinski definition) is 1. The molecule has 0 unspecified atom stereocenters. The zero-order valence-electron chi connectivity index (χ0n) is 14.4. The summed E-state index contributed by atoms with van der Waals surface area (Å²) in [6.07, 6.45) is 5.20. The van der Waals surface area contributed by atoms with Crippen molar-refractivity contribution in [1.82, 2.24) is 0 Å². The van der Waals surface area contributed by atoms with Gasteiger partial charge in [0.1, 0.15) is 0 Å². The van der Waals surface area contributed by atoms with E-state index in [1.807, 2.05) is 19.9 Å². The van der Waals surface area contributed by atoms with E-state index in [9.17, 15) is 5.11 Å². The molecule has 3 fully saturated rings. The summed E-state index contributed by atoms with van der Waals surface area (Å²) in [5.41, 5.74) is 0.186. The molecule has 3 rings (SSSR count). The van der Waals surface area contributed by atoms with Gasteiger partial charge in [0.05, 0.1) is 17.8 Å². The minimum Gasteiger partial charge on any atom is -0.389 e. The Morgan fingerprint density at radius 3 is 2.55 bits per heavy atom. The Kier molecular flexibility index (Phi) is 3.63. The maximum absolute atomic E-state index is 11.8. The average Bonchev–Trinajstić information content (AvgIpc) is 2.68. The van der Waals surface area contributed by atoms with Crippen molar-refractivity contribution in [3.8, 4) is 0 Å². The molecule has 1 saturated heterocycles. The highest BCUT2D eigenvalue weighted by Crippen LogP contribution is 2.61. The Morgan fingerprint density at radius 2 is 1.91 bits per heavy atom. The highest BCUT2D eigenvalue weighted by Gasteiger charge is 2.63. The summed E-state index contributed by atoms with van der Waals surface area (Å²) >= 11 is 0. The van der Waals surface area contributed by atoms with Crippen molar-refractivity contribution in [3.05, 3.63) is 24.8 Å². The zero-order valence-corrected chi connectivity index (χ0v) is 14.4. The Balaban J connectivity index is 1.99. The lowest BCUT2D eigenvalue weighted by molar-refractivity contribution is -0.193. The van der Waals surface area contributed by atoms with E-state index in [0.717, 1.165) is 19.3 Å². The summed E-state index contributed by atoms with van der Waals surface area (Å²) in [5.74, 6) is -0.0837. The second kappa shape index (κ2) is 4.93. The second-order valence-corrected chi connectivity index (χ2v) is 8.30. The number of ether oxygens (including phenoxy) is 2. The van der Waals surface area contributed by atoms with Crippen molar-refractivity contribution in [3.63, 3.8) is 0 Å². The molecule has 0 radical (unpaired) electrons. The van der Waals surface area contributed by atoms with Gasteiger partial charge in [-0.2, -0.15) is 0 Å². The third kappa shape index (κ3) is 2.13. The fraction of sp³-hybridized carbons (Fsp3) is 0.789. The number of hydrogen-bond acceptors (Lipinski definition) is 3. The van der Waals surface area contributed by atoms with Gasteiger partial charge in [-0.25, -0.2) is 0 Å². The fourth-order valence-corrected chi connectivity index (χ4v) is 5.16. The van der Waals surface area contributed by atoms with Crippen LogP contribution in [0.1, 0.15) is 53.4 Å². The molecule has 2 saturated carbocycles. The van der Waals surface area contributed by atoms with Crippen LogP contribution in [0.4, 0.5) is 0 Å². The van der Waals surface area contributed by atoms with Gasteiger partial charge in [0.15, 0.2) is 5.79 Å². The van der Waals surface area contributed by atoms with E-state index in [2.05, 4.69) is 27.0 Å². The molecule has 3 aliphatic rings. The predicted molar refractivity (Wildman–Crippen MR) is 87.3 cm³/mol. The number of allylic oxidation sites excluding steroid dienone is 1. The van der Waals surface area contributed by atoms with Crippen molar-refractivity contribution in [2.45, 2.75) is 77.0 Å². The first-order valence-electron chi connectivity index (χ1n) is 8.49. The first-order chi connectivity index (χ1) is 10.1. The first kappa shape index (κ1) is 16.2. The topological polar surface area (TPSA) is 38.7 Å². The summed E-state index contributed by atoms with van der Waals surface area (Å²) in [4.78, 5) is 0. The summed E-state index contributed by atoms with van der Waals surface area (Å²) in [7, 11) is 0. The molecule has 22 heavy (non-hydrogen) atoms. The molecule has 0 aromatic rings. The molecule has 0 bridgehead atoms. The molecule has 1 heterocycles. The van der Waals surface area contributed by atoms with Crippen molar-refractivity contribution in [1.29, 1.82) is 0 Å². The Morgan fingerprint density at radius 1 is 1.27 bits per heavy atom. The summed E-state index contributed by atoms with van der Waals surface area (Å²) < 4.78 is 12.1. The van der Waals surface area contributed by atoms with Gasteiger partial charge in [0.2, 0.25) is 0 Å². The number of rotatable bonds is 2. The average molecular weight is 306 g/mol. The molecule has 3 heteroatoms. The third-order valence-corrected chi connectivity index (χ3v) is 6.55. The highest BCUT2D eigenvalue weighted by atomic mass is 16.8. The smallest absolute Gasteiger partial charge is 0.163 e. The maximum atomic E-state index is 11.8. The van der Waals surface area contributed by atoms with E-state index in [4.69, 9.17) is 9.47 Å². The van der Waals surface area contributed by atoms with Gasteiger partial charge in [-0.3, -0.25) is 0 Å². The summed E-state index contributed by atoms with van der Waals surface area (Å²) in [6, 6.07) is 0. The van der Waals surface area contributed by atoms with Crippen molar-refractivity contribution in [2.24, 2.45) is 17.3 Å². The molecule has 0 aromatic carbocycles. The van der Waals surface area contributed by atoms with Crippen LogP contribution < -0.4 is 0 Å². The number of aliphatic hydroxyl groups is 1. The van der Waals surface area contributed by atoms with Gasteiger partial charge in [0.25, 0.3) is 0 Å². The van der Waals surface area contributed by atoms with Crippen LogP contribution in [0.25, 0.3) is 0 Å². The SMILES string of the molecule is C=CC[C@@]1(C)[C@H](C)CC(=C)[C@H]2C[C@@H]3OC(C)(C)O[C@@H]3C[C@@]21O. The molecule has 0 spiro atoms. The lowest BCUT2D eigenvalue weighted by Gasteiger charge is -2.60. The lowest BCUT2D eigenvalue weighted by Crippen LogP contribution is -2.63. The van der Waals surface area contributed by atoms with Gasteiger partial charge in [-0.05, 0) is 39.0 Å². The van der Waals surface area contributed by atoms with Gasteiger partial charge < -0.3 is 14.6 Å². The van der Waals surface area contributed by atoms with E-state index in [1.165, 1.54) is 5.57 Å². The van der Waals surface area contributed by atoms with Gasteiger partial charge in [-0.1, -0.05) is 32.1 Å². The van der Waals surface area contributed by atoms with Gasteiger partial charge >= 0.3 is 0 Å². The van der Waals surface area contributed by atoms with Crippen molar-refractivity contribution < 1.29 is 14.6 Å². The first-order valence-corrected chi connectivity index (χ1v) is 8.49. The van der Waals surface area contributed by atoms with E-state index in [1.54, 1.807) is 0 Å². The summed E-state index contributed by atoms with van der Waals surface area (Å²) in [6.45, 7) is 16.6. The van der Waals surface area contributed by atoms with Crippen LogP contribution in [0.15, 0.2) is 24.8 Å². The molecule has 124 valence electrons. The minimum absolute atomic E-state index is 0.0292. The Labute approximate surface area is 134 Å². The monoisotopic (exact) mass is 306 g/mol. The molecule has 0 amide bonds. The molecule has 3 nitrogen and oxygen atoms in total. The van der Waals surface area contributed by atoms with Gasteiger partial charge in [-0.15, -0.1) is 6.58 Å². The molecule has 2 aliphatic carbocycles. The quantitative estimate of drug-likeness (QED) is 0.788. The molecular formula is C19H30O3. The molecule has 6 atom stereocenters. The van der Waals surface area contributed by atoms with Crippen molar-refractivity contribution >= 4 is 0 Å². The number of fused-ring (bicyclic) bond motifs is 2. The maximum Gasteiger partial charge on any atom is 0.163 e. The normalized spacial score (nSPS) is 50.3. The third-order valence-electron chi connectivity index (χ3n) is 6.55. The van der Waals surface area contributed by atoms with Crippen molar-refractivity contribution in [2.75, 3.05) is 0 Å². The van der Waals surface area contributed by atoms with Crippen LogP contribution in [-0.2, 0) is 9.47 Å². The van der Waals surface area contributed by atoms with Crippen LogP contribution in [0, 0.1) is 17.3 Å². The van der Waals surface area contributed by atoms with E-state index >= 15 is 0 Å². The standard InChI is InChI=1S/C19H30O3/c1-7-8-18(6)13(3)9-12(2)14-10-15-16(11-19(14,18)20)22-17(4,5)21-15/h7,13-16,20H,1-2,8-11H2,3-6H3/t13-,14-,15+,16-,18+,19-/m1/s1. The van der Waals surface area contributed by atoms with Crippen LogP contribution in [0.3, 0.4) is 0 Å². The molecule has 1 aliphatic heterocycles. The lowest BCUT2D eigenvalue weighted by atomic mass is 9.48. The van der Waals surface area contributed by atoms with Crippen LogP contribution in [0.5, 0.6) is 0 Å². The second-order valence-electron chi connectivity index (χ2n) is 8.30. The van der Waals surface area contributed by atoms with Crippen LogP contribution in [0.2, 0.25) is 0 Å². The molecular weight excluding hydrogens is 276 g/mol. The minimum atomic E-state index is -0.791. The largest absolute Gasteiger partial charge is 0.389 e. The van der Waals surface area contributed by atoms with Crippen LogP contribution >= 0.6 is 0 Å². The zero-order chi connectivity index (χ0) is 16.3. The van der Waals surface area contributed by atoms with Gasteiger partial charge in [0, 0.05) is 17.8 Å². The van der Waals surface area contributed by atoms with Crippen LogP contribution in [-0.4, -0.2) is 28.7 Å². The molecule has 1 N–H and O–H groups in total. The fourth-order valence-electron chi connectivity index (χ4n) is 5.16. The predicted octanol–water partition coefficient (Wildman–Crippen LogP) is 3.83. The Bertz CT molecular complexity index is 497.